The maximum atomic E-state index is 12.5. The first-order chi connectivity index (χ1) is 10.6. The number of anilines is 2. The molecule has 2 rings (SSSR count). The first-order valence-corrected chi connectivity index (χ1v) is 6.77. The number of pyridine rings is 2. The predicted molar refractivity (Wildman–Crippen MR) is 83.9 cm³/mol. The standard InChI is InChI=1S/C15H17N5O2/c1-3-18-14-12(13(16)21)11(6-8-19-14)20(2)15(22)10-5-4-7-17-9-10/h4-9H,3H2,1-2H3,(H2,16,21)(H,18,19). The van der Waals surface area contributed by atoms with Crippen molar-refractivity contribution in [3.8, 4) is 0 Å². The maximum absolute atomic E-state index is 12.5. The van der Waals surface area contributed by atoms with Gasteiger partial charge in [-0.15, -0.1) is 0 Å². The van der Waals surface area contributed by atoms with E-state index >= 15 is 0 Å². The lowest BCUT2D eigenvalue weighted by atomic mass is 10.1. The fourth-order valence-electron chi connectivity index (χ4n) is 2.07. The van der Waals surface area contributed by atoms with Crippen LogP contribution in [0.2, 0.25) is 0 Å². The summed E-state index contributed by atoms with van der Waals surface area (Å²) in [6.07, 6.45) is 4.57. The van der Waals surface area contributed by atoms with Crippen molar-refractivity contribution in [1.29, 1.82) is 0 Å². The van der Waals surface area contributed by atoms with Gasteiger partial charge in [0, 0.05) is 32.2 Å². The lowest BCUT2D eigenvalue weighted by Gasteiger charge is -2.21. The van der Waals surface area contributed by atoms with Crippen LogP contribution in [0.25, 0.3) is 0 Å². The van der Waals surface area contributed by atoms with Crippen LogP contribution in [0.1, 0.15) is 27.6 Å². The molecule has 0 saturated carbocycles. The number of nitrogens with zero attached hydrogens (tertiary/aromatic N) is 3. The quantitative estimate of drug-likeness (QED) is 0.866. The van der Waals surface area contributed by atoms with Gasteiger partial charge in [-0.05, 0) is 25.1 Å². The van der Waals surface area contributed by atoms with Crippen LogP contribution in [-0.4, -0.2) is 35.4 Å². The summed E-state index contributed by atoms with van der Waals surface area (Å²) >= 11 is 0. The van der Waals surface area contributed by atoms with Crippen molar-refractivity contribution in [1.82, 2.24) is 9.97 Å². The molecule has 0 radical (unpaired) electrons. The van der Waals surface area contributed by atoms with E-state index in [1.807, 2.05) is 6.92 Å². The maximum Gasteiger partial charge on any atom is 0.259 e. The molecule has 2 aromatic heterocycles. The highest BCUT2D eigenvalue weighted by atomic mass is 16.2. The molecule has 2 aromatic rings. The monoisotopic (exact) mass is 299 g/mol. The Bertz CT molecular complexity index is 688. The summed E-state index contributed by atoms with van der Waals surface area (Å²) < 4.78 is 0. The molecule has 0 fully saturated rings. The van der Waals surface area contributed by atoms with Gasteiger partial charge in [-0.1, -0.05) is 0 Å². The third-order valence-corrected chi connectivity index (χ3v) is 3.09. The Labute approximate surface area is 128 Å². The Kier molecular flexibility index (Phi) is 4.67. The highest BCUT2D eigenvalue weighted by Gasteiger charge is 2.22. The van der Waals surface area contributed by atoms with Crippen LogP contribution in [-0.2, 0) is 0 Å². The number of carbonyl (C=O) groups excluding carboxylic acids is 2. The molecule has 0 aliphatic rings. The van der Waals surface area contributed by atoms with Crippen LogP contribution in [0.3, 0.4) is 0 Å². The second kappa shape index (κ2) is 6.66. The minimum Gasteiger partial charge on any atom is -0.370 e. The van der Waals surface area contributed by atoms with E-state index in [9.17, 15) is 9.59 Å². The zero-order valence-corrected chi connectivity index (χ0v) is 12.4. The number of rotatable bonds is 5. The van der Waals surface area contributed by atoms with Crippen molar-refractivity contribution >= 4 is 23.3 Å². The molecule has 114 valence electrons. The Hall–Kier alpha value is -2.96. The molecule has 0 aliphatic carbocycles. The molecule has 22 heavy (non-hydrogen) atoms. The Morgan fingerprint density at radius 1 is 1.32 bits per heavy atom. The topological polar surface area (TPSA) is 101 Å². The Balaban J connectivity index is 2.45. The van der Waals surface area contributed by atoms with Crippen molar-refractivity contribution < 1.29 is 9.59 Å². The first-order valence-electron chi connectivity index (χ1n) is 6.77. The van der Waals surface area contributed by atoms with Gasteiger partial charge < -0.3 is 16.0 Å². The number of hydrogen-bond acceptors (Lipinski definition) is 5. The minimum absolute atomic E-state index is 0.184. The number of nitrogens with two attached hydrogens (primary N) is 1. The minimum atomic E-state index is -0.648. The Morgan fingerprint density at radius 3 is 2.68 bits per heavy atom. The summed E-state index contributed by atoms with van der Waals surface area (Å²) in [5, 5.41) is 2.97. The molecule has 7 heteroatoms. The van der Waals surface area contributed by atoms with E-state index in [2.05, 4.69) is 15.3 Å². The van der Waals surface area contributed by atoms with Gasteiger partial charge in [-0.2, -0.15) is 0 Å². The van der Waals surface area contributed by atoms with Gasteiger partial charge in [0.2, 0.25) is 0 Å². The number of carbonyl (C=O) groups is 2. The van der Waals surface area contributed by atoms with E-state index in [-0.39, 0.29) is 11.5 Å². The summed E-state index contributed by atoms with van der Waals surface area (Å²) in [6.45, 7) is 2.46. The molecular weight excluding hydrogens is 282 g/mol. The molecule has 0 bridgehead atoms. The van der Waals surface area contributed by atoms with E-state index in [0.717, 1.165) is 0 Å². The van der Waals surface area contributed by atoms with Crippen LogP contribution in [0, 0.1) is 0 Å². The zero-order chi connectivity index (χ0) is 16.1. The summed E-state index contributed by atoms with van der Waals surface area (Å²) in [4.78, 5) is 33.6. The third kappa shape index (κ3) is 3.03. The number of hydrogen-bond donors (Lipinski definition) is 2. The zero-order valence-electron chi connectivity index (χ0n) is 12.4. The van der Waals surface area contributed by atoms with Gasteiger partial charge in [0.1, 0.15) is 11.4 Å². The van der Waals surface area contributed by atoms with Crippen LogP contribution < -0.4 is 16.0 Å². The number of primary amides is 1. The number of aromatic nitrogens is 2. The highest BCUT2D eigenvalue weighted by molar-refractivity contribution is 6.11. The highest BCUT2D eigenvalue weighted by Crippen LogP contribution is 2.25. The molecule has 0 aromatic carbocycles. The largest absolute Gasteiger partial charge is 0.370 e. The van der Waals surface area contributed by atoms with Crippen molar-refractivity contribution in [2.24, 2.45) is 5.73 Å². The van der Waals surface area contributed by atoms with Crippen LogP contribution >= 0.6 is 0 Å². The van der Waals surface area contributed by atoms with E-state index in [1.165, 1.54) is 17.3 Å². The number of nitrogens with one attached hydrogen (secondary N) is 1. The summed E-state index contributed by atoms with van der Waals surface area (Å²) in [5.41, 5.74) is 6.45. The van der Waals surface area contributed by atoms with Gasteiger partial charge in [-0.25, -0.2) is 4.98 Å². The lowest BCUT2D eigenvalue weighted by Crippen LogP contribution is -2.30. The summed E-state index contributed by atoms with van der Waals surface area (Å²) in [7, 11) is 1.58. The van der Waals surface area contributed by atoms with Gasteiger partial charge in [-0.3, -0.25) is 14.6 Å². The first kappa shape index (κ1) is 15.4. The molecule has 0 aliphatic heterocycles. The van der Waals surface area contributed by atoms with Gasteiger partial charge in [0.05, 0.1) is 11.3 Å². The van der Waals surface area contributed by atoms with Crippen LogP contribution in [0.4, 0.5) is 11.5 Å². The van der Waals surface area contributed by atoms with E-state index < -0.39 is 5.91 Å². The molecule has 0 unspecified atom stereocenters. The van der Waals surface area contributed by atoms with Crippen LogP contribution in [0.15, 0.2) is 36.8 Å². The second-order valence-corrected chi connectivity index (χ2v) is 4.55. The predicted octanol–water partition coefficient (Wildman–Crippen LogP) is 1.28. The normalized spacial score (nSPS) is 10.1. The molecule has 2 amide bonds. The van der Waals surface area contributed by atoms with E-state index in [1.54, 1.807) is 31.4 Å². The third-order valence-electron chi connectivity index (χ3n) is 3.09. The molecule has 0 atom stereocenters. The molecule has 0 spiro atoms. The molecule has 0 saturated heterocycles. The van der Waals surface area contributed by atoms with Crippen molar-refractivity contribution in [3.05, 3.63) is 47.9 Å². The Morgan fingerprint density at radius 2 is 2.09 bits per heavy atom. The van der Waals surface area contributed by atoms with Crippen LogP contribution in [0.5, 0.6) is 0 Å². The summed E-state index contributed by atoms with van der Waals surface area (Å²) in [5.74, 6) is -0.576. The molecule has 2 heterocycles. The molecule has 3 N–H and O–H groups in total. The average molecular weight is 299 g/mol. The van der Waals surface area contributed by atoms with Crippen molar-refractivity contribution in [2.45, 2.75) is 6.92 Å². The van der Waals surface area contributed by atoms with E-state index in [0.29, 0.717) is 23.6 Å². The number of amides is 2. The molecular formula is C15H17N5O2. The van der Waals surface area contributed by atoms with Crippen molar-refractivity contribution in [3.63, 3.8) is 0 Å². The molecule has 7 nitrogen and oxygen atoms in total. The fraction of sp³-hybridized carbons (Fsp3) is 0.200. The van der Waals surface area contributed by atoms with Crippen molar-refractivity contribution in [2.75, 3.05) is 23.8 Å². The average Bonchev–Trinajstić information content (AvgIpc) is 2.54. The SMILES string of the molecule is CCNc1nccc(N(C)C(=O)c2cccnc2)c1C(N)=O. The fourth-order valence-corrected chi connectivity index (χ4v) is 2.07. The van der Waals surface area contributed by atoms with Gasteiger partial charge >= 0.3 is 0 Å². The van der Waals surface area contributed by atoms with Gasteiger partial charge in [0.25, 0.3) is 11.8 Å². The summed E-state index contributed by atoms with van der Waals surface area (Å²) in [6, 6.07) is 4.91. The van der Waals surface area contributed by atoms with Gasteiger partial charge in [0.15, 0.2) is 0 Å². The smallest absolute Gasteiger partial charge is 0.259 e. The van der Waals surface area contributed by atoms with E-state index in [4.69, 9.17) is 5.73 Å². The second-order valence-electron chi connectivity index (χ2n) is 4.55. The lowest BCUT2D eigenvalue weighted by molar-refractivity contribution is 0.0992.